The zero-order valence-corrected chi connectivity index (χ0v) is 15.9. The maximum absolute atomic E-state index is 10.7. The highest BCUT2D eigenvalue weighted by Crippen LogP contribution is 2.27. The van der Waals surface area contributed by atoms with E-state index in [2.05, 4.69) is 80.9 Å². The van der Waals surface area contributed by atoms with Crippen LogP contribution in [-0.4, -0.2) is 48.3 Å². The molecule has 2 atom stereocenters. The number of benzene rings is 2. The fourth-order valence-electron chi connectivity index (χ4n) is 4.03. The summed E-state index contributed by atoms with van der Waals surface area (Å²) < 4.78 is 1.26. The van der Waals surface area contributed by atoms with E-state index in [1.165, 1.54) is 20.4 Å². The lowest BCUT2D eigenvalue weighted by Gasteiger charge is -2.43. The van der Waals surface area contributed by atoms with Crippen molar-refractivity contribution in [2.75, 3.05) is 31.1 Å². The Hall–Kier alpha value is -1.11. The Bertz CT molecular complexity index is 698. The zero-order chi connectivity index (χ0) is 16.5. The predicted octanol–water partition coefficient (Wildman–Crippen LogP) is 2.94. The summed E-state index contributed by atoms with van der Waals surface area (Å²) in [7, 11) is 0. The molecule has 0 bridgehead atoms. The molecule has 0 saturated carbocycles. The van der Waals surface area contributed by atoms with Crippen LogP contribution in [0.15, 0.2) is 48.5 Å². The second kappa shape index (κ2) is 7.02. The third kappa shape index (κ3) is 3.32. The van der Waals surface area contributed by atoms with Crippen molar-refractivity contribution < 1.29 is 5.11 Å². The summed E-state index contributed by atoms with van der Waals surface area (Å²) in [6.07, 6.45) is 1.51. The Labute approximate surface area is 157 Å². The standard InChI is InChI=1S/C20H23IN2O/c21-17-7-6-15-13-19(20(24)14-16(15)12-17)23-10-8-22(9-11-23)18-4-2-1-3-5-18/h1-7,12,19-20,24H,8-11,13-14H2/t19-,20-/m1/s1. The van der Waals surface area contributed by atoms with Gasteiger partial charge in [0.05, 0.1) is 6.10 Å². The highest BCUT2D eigenvalue weighted by molar-refractivity contribution is 14.1. The number of piperazine rings is 1. The van der Waals surface area contributed by atoms with Crippen molar-refractivity contribution in [3.05, 3.63) is 63.2 Å². The second-order valence-electron chi connectivity index (χ2n) is 6.81. The molecule has 2 aromatic rings. The van der Waals surface area contributed by atoms with Gasteiger partial charge in [-0.1, -0.05) is 24.3 Å². The average molecular weight is 434 g/mol. The fourth-order valence-corrected chi connectivity index (χ4v) is 4.59. The van der Waals surface area contributed by atoms with Crippen molar-refractivity contribution in [1.29, 1.82) is 0 Å². The summed E-state index contributed by atoms with van der Waals surface area (Å²) in [6, 6.07) is 17.6. The van der Waals surface area contributed by atoms with E-state index >= 15 is 0 Å². The molecule has 1 aliphatic heterocycles. The monoisotopic (exact) mass is 434 g/mol. The van der Waals surface area contributed by atoms with Gasteiger partial charge in [-0.3, -0.25) is 4.90 Å². The maximum Gasteiger partial charge on any atom is 0.0739 e. The van der Waals surface area contributed by atoms with E-state index in [-0.39, 0.29) is 12.1 Å². The minimum atomic E-state index is -0.251. The van der Waals surface area contributed by atoms with Crippen LogP contribution in [-0.2, 0) is 12.8 Å². The molecule has 126 valence electrons. The molecule has 4 rings (SSSR count). The van der Waals surface area contributed by atoms with E-state index < -0.39 is 0 Å². The molecule has 2 aromatic carbocycles. The first-order valence-electron chi connectivity index (χ1n) is 8.70. The summed E-state index contributed by atoms with van der Waals surface area (Å²) in [5, 5.41) is 10.7. The number of hydrogen-bond acceptors (Lipinski definition) is 3. The molecule has 1 aliphatic carbocycles. The third-order valence-corrected chi connectivity index (χ3v) is 6.05. The van der Waals surface area contributed by atoms with Gasteiger partial charge in [-0.15, -0.1) is 0 Å². The van der Waals surface area contributed by atoms with E-state index in [0.29, 0.717) is 0 Å². The van der Waals surface area contributed by atoms with Crippen LogP contribution in [0.25, 0.3) is 0 Å². The lowest BCUT2D eigenvalue weighted by molar-refractivity contribution is 0.0395. The van der Waals surface area contributed by atoms with Gasteiger partial charge in [0.15, 0.2) is 0 Å². The molecule has 1 N–H and O–H groups in total. The van der Waals surface area contributed by atoms with Gasteiger partial charge in [0, 0.05) is 47.9 Å². The van der Waals surface area contributed by atoms with E-state index in [4.69, 9.17) is 0 Å². The number of fused-ring (bicyclic) bond motifs is 1. The van der Waals surface area contributed by atoms with Gasteiger partial charge in [-0.25, -0.2) is 0 Å². The summed E-state index contributed by atoms with van der Waals surface area (Å²) >= 11 is 2.35. The van der Waals surface area contributed by atoms with E-state index in [0.717, 1.165) is 39.0 Å². The number of para-hydroxylation sites is 1. The Kier molecular flexibility index (Phi) is 4.79. The molecular formula is C20H23IN2O. The van der Waals surface area contributed by atoms with Gasteiger partial charge in [-0.05, 0) is 64.4 Å². The Morgan fingerprint density at radius 1 is 0.875 bits per heavy atom. The van der Waals surface area contributed by atoms with Gasteiger partial charge in [0.1, 0.15) is 0 Å². The van der Waals surface area contributed by atoms with Crippen LogP contribution in [0.5, 0.6) is 0 Å². The Morgan fingerprint density at radius 3 is 2.38 bits per heavy atom. The number of nitrogens with zero attached hydrogens (tertiary/aromatic N) is 2. The fraction of sp³-hybridized carbons (Fsp3) is 0.400. The lowest BCUT2D eigenvalue weighted by Crippen LogP contribution is -2.56. The van der Waals surface area contributed by atoms with Gasteiger partial charge in [0.2, 0.25) is 0 Å². The van der Waals surface area contributed by atoms with Crippen LogP contribution in [0.4, 0.5) is 5.69 Å². The first-order valence-corrected chi connectivity index (χ1v) is 9.78. The molecule has 3 nitrogen and oxygen atoms in total. The first kappa shape index (κ1) is 16.4. The number of aliphatic hydroxyl groups is 1. The van der Waals surface area contributed by atoms with Crippen LogP contribution in [0.1, 0.15) is 11.1 Å². The summed E-state index contributed by atoms with van der Waals surface area (Å²) in [5.41, 5.74) is 4.05. The summed E-state index contributed by atoms with van der Waals surface area (Å²) in [5.74, 6) is 0. The predicted molar refractivity (Wildman–Crippen MR) is 107 cm³/mol. The molecule has 4 heteroatoms. The zero-order valence-electron chi connectivity index (χ0n) is 13.7. The van der Waals surface area contributed by atoms with Crippen molar-refractivity contribution in [2.45, 2.75) is 25.0 Å². The van der Waals surface area contributed by atoms with Gasteiger partial charge in [-0.2, -0.15) is 0 Å². The lowest BCUT2D eigenvalue weighted by atomic mass is 9.85. The number of aliphatic hydroxyl groups excluding tert-OH is 1. The van der Waals surface area contributed by atoms with Crippen molar-refractivity contribution in [3.8, 4) is 0 Å². The smallest absolute Gasteiger partial charge is 0.0739 e. The molecular weight excluding hydrogens is 411 g/mol. The summed E-state index contributed by atoms with van der Waals surface area (Å²) in [4.78, 5) is 4.94. The molecule has 0 unspecified atom stereocenters. The van der Waals surface area contributed by atoms with Crippen LogP contribution >= 0.6 is 22.6 Å². The van der Waals surface area contributed by atoms with Gasteiger partial charge < -0.3 is 10.0 Å². The van der Waals surface area contributed by atoms with Crippen molar-refractivity contribution in [2.24, 2.45) is 0 Å². The highest BCUT2D eigenvalue weighted by Gasteiger charge is 2.33. The molecule has 2 aliphatic rings. The van der Waals surface area contributed by atoms with E-state index in [1.54, 1.807) is 0 Å². The highest BCUT2D eigenvalue weighted by atomic mass is 127. The SMILES string of the molecule is O[C@@H]1Cc2cc(I)ccc2C[C@H]1N1CCN(c2ccccc2)CC1. The van der Waals surface area contributed by atoms with Crippen LogP contribution in [0.2, 0.25) is 0 Å². The van der Waals surface area contributed by atoms with Crippen molar-refractivity contribution in [3.63, 3.8) is 0 Å². The molecule has 0 aromatic heterocycles. The Balaban J connectivity index is 1.43. The molecule has 1 heterocycles. The van der Waals surface area contributed by atoms with Crippen LogP contribution in [0, 0.1) is 3.57 Å². The number of rotatable bonds is 2. The minimum absolute atomic E-state index is 0.251. The molecule has 0 radical (unpaired) electrons. The second-order valence-corrected chi connectivity index (χ2v) is 8.06. The topological polar surface area (TPSA) is 26.7 Å². The van der Waals surface area contributed by atoms with E-state index in [9.17, 15) is 5.11 Å². The quantitative estimate of drug-likeness (QED) is 0.737. The Morgan fingerprint density at radius 2 is 1.62 bits per heavy atom. The summed E-state index contributed by atoms with van der Waals surface area (Å²) in [6.45, 7) is 4.12. The number of anilines is 1. The minimum Gasteiger partial charge on any atom is -0.391 e. The van der Waals surface area contributed by atoms with Gasteiger partial charge in [0.25, 0.3) is 0 Å². The maximum atomic E-state index is 10.7. The first-order chi connectivity index (χ1) is 11.7. The molecule has 1 saturated heterocycles. The largest absolute Gasteiger partial charge is 0.391 e. The molecule has 24 heavy (non-hydrogen) atoms. The molecule has 1 fully saturated rings. The normalized spacial score (nSPS) is 24.7. The number of hydrogen-bond donors (Lipinski definition) is 1. The number of halogens is 1. The van der Waals surface area contributed by atoms with Crippen LogP contribution in [0.3, 0.4) is 0 Å². The third-order valence-electron chi connectivity index (χ3n) is 5.38. The van der Waals surface area contributed by atoms with Crippen LogP contribution < -0.4 is 4.90 Å². The molecule has 0 spiro atoms. The molecule has 0 amide bonds. The van der Waals surface area contributed by atoms with E-state index in [1.807, 2.05) is 0 Å². The van der Waals surface area contributed by atoms with Crippen molar-refractivity contribution in [1.82, 2.24) is 4.90 Å². The van der Waals surface area contributed by atoms with Gasteiger partial charge >= 0.3 is 0 Å². The van der Waals surface area contributed by atoms with Crippen molar-refractivity contribution >= 4 is 28.3 Å². The average Bonchev–Trinajstić information content (AvgIpc) is 2.62.